The Labute approximate surface area is 106 Å². The standard InChI is InChI=1S/C12H18N4O2/c1-8-5-9(13)7-16(6-8)11-4-3-10(14-15-11)12(17)18-2/h3-4,8-9H,5-7,13H2,1-2H3. The monoisotopic (exact) mass is 250 g/mol. The average Bonchev–Trinajstić information content (AvgIpc) is 2.37. The molecule has 1 aromatic rings. The summed E-state index contributed by atoms with van der Waals surface area (Å²) in [6.07, 6.45) is 1.03. The third-order valence-corrected chi connectivity index (χ3v) is 3.06. The van der Waals surface area contributed by atoms with Gasteiger partial charge in [-0.2, -0.15) is 0 Å². The Bertz CT molecular complexity index is 411. The highest BCUT2D eigenvalue weighted by molar-refractivity contribution is 5.86. The zero-order valence-electron chi connectivity index (χ0n) is 10.7. The fourth-order valence-electron chi connectivity index (χ4n) is 2.29. The maximum atomic E-state index is 11.2. The van der Waals surface area contributed by atoms with E-state index in [0.29, 0.717) is 5.92 Å². The lowest BCUT2D eigenvalue weighted by Gasteiger charge is -2.35. The third-order valence-electron chi connectivity index (χ3n) is 3.06. The molecule has 2 unspecified atom stereocenters. The Hall–Kier alpha value is -1.69. The number of hydrogen-bond donors (Lipinski definition) is 1. The Morgan fingerprint density at radius 1 is 1.44 bits per heavy atom. The Morgan fingerprint density at radius 3 is 2.78 bits per heavy atom. The number of esters is 1. The van der Waals surface area contributed by atoms with Crippen LogP contribution < -0.4 is 10.6 Å². The molecule has 1 saturated heterocycles. The van der Waals surface area contributed by atoms with Crippen LogP contribution in [0.2, 0.25) is 0 Å². The van der Waals surface area contributed by atoms with E-state index in [2.05, 4.69) is 26.8 Å². The van der Waals surface area contributed by atoms with Crippen molar-refractivity contribution in [1.29, 1.82) is 0 Å². The van der Waals surface area contributed by atoms with Crippen LogP contribution in [0.15, 0.2) is 12.1 Å². The zero-order chi connectivity index (χ0) is 13.1. The van der Waals surface area contributed by atoms with Crippen molar-refractivity contribution in [3.05, 3.63) is 17.8 Å². The number of methoxy groups -OCH3 is 1. The van der Waals surface area contributed by atoms with Crippen LogP contribution in [0.1, 0.15) is 23.8 Å². The van der Waals surface area contributed by atoms with Gasteiger partial charge < -0.3 is 15.4 Å². The fourth-order valence-corrected chi connectivity index (χ4v) is 2.29. The van der Waals surface area contributed by atoms with Gasteiger partial charge in [0, 0.05) is 19.1 Å². The van der Waals surface area contributed by atoms with E-state index >= 15 is 0 Å². The summed E-state index contributed by atoms with van der Waals surface area (Å²) in [4.78, 5) is 13.4. The predicted octanol–water partition coefficient (Wildman–Crippen LogP) is 0.437. The number of nitrogens with two attached hydrogens (primary N) is 1. The van der Waals surface area contributed by atoms with Gasteiger partial charge in [-0.05, 0) is 24.5 Å². The maximum Gasteiger partial charge on any atom is 0.358 e. The lowest BCUT2D eigenvalue weighted by Crippen LogP contribution is -2.46. The van der Waals surface area contributed by atoms with Crippen LogP contribution in [0.25, 0.3) is 0 Å². The SMILES string of the molecule is COC(=O)c1ccc(N2CC(C)CC(N)C2)nn1. The van der Waals surface area contributed by atoms with E-state index in [-0.39, 0.29) is 11.7 Å². The summed E-state index contributed by atoms with van der Waals surface area (Å²) in [7, 11) is 1.32. The molecule has 2 heterocycles. The Morgan fingerprint density at radius 2 is 2.22 bits per heavy atom. The number of carbonyl (C=O) groups is 1. The molecule has 1 aliphatic rings. The summed E-state index contributed by atoms with van der Waals surface area (Å²) in [6, 6.07) is 3.57. The third kappa shape index (κ3) is 2.76. The number of hydrogen-bond acceptors (Lipinski definition) is 6. The van der Waals surface area contributed by atoms with Crippen LogP contribution in [0.4, 0.5) is 5.82 Å². The van der Waals surface area contributed by atoms with Crippen molar-refractivity contribution in [1.82, 2.24) is 10.2 Å². The highest BCUT2D eigenvalue weighted by Gasteiger charge is 2.23. The second-order valence-electron chi connectivity index (χ2n) is 4.77. The number of aromatic nitrogens is 2. The lowest BCUT2D eigenvalue weighted by molar-refractivity contribution is 0.0592. The molecule has 98 valence electrons. The first-order chi connectivity index (χ1) is 8.60. The minimum Gasteiger partial charge on any atom is -0.464 e. The summed E-state index contributed by atoms with van der Waals surface area (Å²) in [5.74, 6) is 0.818. The van der Waals surface area contributed by atoms with Gasteiger partial charge in [-0.25, -0.2) is 4.79 Å². The molecule has 18 heavy (non-hydrogen) atoms. The van der Waals surface area contributed by atoms with Gasteiger partial charge in [0.2, 0.25) is 0 Å². The fraction of sp³-hybridized carbons (Fsp3) is 0.583. The van der Waals surface area contributed by atoms with E-state index in [9.17, 15) is 4.79 Å². The van der Waals surface area contributed by atoms with E-state index in [1.165, 1.54) is 7.11 Å². The molecule has 0 aliphatic carbocycles. The largest absolute Gasteiger partial charge is 0.464 e. The quantitative estimate of drug-likeness (QED) is 0.767. The van der Waals surface area contributed by atoms with Crippen molar-refractivity contribution in [3.63, 3.8) is 0 Å². The number of rotatable bonds is 2. The van der Waals surface area contributed by atoms with Gasteiger partial charge in [-0.3, -0.25) is 0 Å². The van der Waals surface area contributed by atoms with Crippen LogP contribution in [-0.4, -0.2) is 42.4 Å². The predicted molar refractivity (Wildman–Crippen MR) is 67.3 cm³/mol. The second kappa shape index (κ2) is 5.30. The van der Waals surface area contributed by atoms with Gasteiger partial charge in [0.05, 0.1) is 7.11 Å². The van der Waals surface area contributed by atoms with E-state index in [1.807, 2.05) is 0 Å². The van der Waals surface area contributed by atoms with Crippen molar-refractivity contribution in [2.45, 2.75) is 19.4 Å². The van der Waals surface area contributed by atoms with Gasteiger partial charge in [0.25, 0.3) is 0 Å². The molecule has 0 bridgehead atoms. The number of piperidine rings is 1. The highest BCUT2D eigenvalue weighted by Crippen LogP contribution is 2.20. The van der Waals surface area contributed by atoms with Crippen molar-refractivity contribution >= 4 is 11.8 Å². The molecule has 6 nitrogen and oxygen atoms in total. The minimum atomic E-state index is -0.474. The highest BCUT2D eigenvalue weighted by atomic mass is 16.5. The van der Waals surface area contributed by atoms with Gasteiger partial charge in [0.1, 0.15) is 0 Å². The smallest absolute Gasteiger partial charge is 0.358 e. The van der Waals surface area contributed by atoms with Crippen LogP contribution in [0.3, 0.4) is 0 Å². The molecule has 2 atom stereocenters. The first kappa shape index (κ1) is 12.8. The summed E-state index contributed by atoms with van der Waals surface area (Å²) in [5, 5.41) is 7.93. The Balaban J connectivity index is 2.11. The Kier molecular flexibility index (Phi) is 3.76. The zero-order valence-corrected chi connectivity index (χ0v) is 10.7. The normalized spacial score (nSPS) is 23.8. The van der Waals surface area contributed by atoms with Gasteiger partial charge >= 0.3 is 5.97 Å². The van der Waals surface area contributed by atoms with Gasteiger partial charge in [-0.1, -0.05) is 6.92 Å². The summed E-state index contributed by atoms with van der Waals surface area (Å²) >= 11 is 0. The van der Waals surface area contributed by atoms with Gasteiger partial charge in [0.15, 0.2) is 11.5 Å². The molecule has 6 heteroatoms. The van der Waals surface area contributed by atoms with Crippen LogP contribution >= 0.6 is 0 Å². The molecule has 0 radical (unpaired) electrons. The summed E-state index contributed by atoms with van der Waals surface area (Å²) in [5.41, 5.74) is 6.21. The van der Waals surface area contributed by atoms with Crippen molar-refractivity contribution in [2.24, 2.45) is 11.7 Å². The van der Waals surface area contributed by atoms with Gasteiger partial charge in [-0.15, -0.1) is 10.2 Å². The number of anilines is 1. The molecule has 1 fully saturated rings. The van der Waals surface area contributed by atoms with E-state index in [0.717, 1.165) is 25.3 Å². The van der Waals surface area contributed by atoms with E-state index in [1.54, 1.807) is 12.1 Å². The molecule has 0 amide bonds. The second-order valence-corrected chi connectivity index (χ2v) is 4.77. The average molecular weight is 250 g/mol. The van der Waals surface area contributed by atoms with Crippen LogP contribution in [0, 0.1) is 5.92 Å². The summed E-state index contributed by atoms with van der Waals surface area (Å²) < 4.78 is 4.58. The van der Waals surface area contributed by atoms with Crippen LogP contribution in [0.5, 0.6) is 0 Å². The molecular weight excluding hydrogens is 232 g/mol. The molecule has 2 rings (SSSR count). The van der Waals surface area contributed by atoms with E-state index < -0.39 is 5.97 Å². The molecule has 0 aromatic carbocycles. The molecule has 1 aliphatic heterocycles. The maximum absolute atomic E-state index is 11.2. The van der Waals surface area contributed by atoms with E-state index in [4.69, 9.17) is 5.73 Å². The molecule has 2 N–H and O–H groups in total. The number of ether oxygens (including phenoxy) is 1. The minimum absolute atomic E-state index is 0.163. The summed E-state index contributed by atoms with van der Waals surface area (Å²) in [6.45, 7) is 3.86. The van der Waals surface area contributed by atoms with Crippen LogP contribution in [-0.2, 0) is 4.74 Å². The molecule has 0 spiro atoms. The van der Waals surface area contributed by atoms with Crippen molar-refractivity contribution in [2.75, 3.05) is 25.1 Å². The first-order valence-corrected chi connectivity index (χ1v) is 6.02. The lowest BCUT2D eigenvalue weighted by atomic mass is 9.97. The van der Waals surface area contributed by atoms with Crippen molar-refractivity contribution in [3.8, 4) is 0 Å². The number of nitrogens with zero attached hydrogens (tertiary/aromatic N) is 3. The molecule has 1 aromatic heterocycles. The van der Waals surface area contributed by atoms with Crippen molar-refractivity contribution < 1.29 is 9.53 Å². The topological polar surface area (TPSA) is 81.3 Å². The number of carbonyl (C=O) groups excluding carboxylic acids is 1. The first-order valence-electron chi connectivity index (χ1n) is 6.02. The molecular formula is C12H18N4O2. The molecule has 0 saturated carbocycles.